The maximum Gasteiger partial charge on any atom is 0.279 e. The quantitative estimate of drug-likeness (QED) is 0.280. The zero-order valence-corrected chi connectivity index (χ0v) is 18.1. The minimum Gasteiger partial charge on any atom is -0.347 e. The maximum absolute atomic E-state index is 13.9. The molecule has 0 spiro atoms. The van der Waals surface area contributed by atoms with Crippen LogP contribution in [-0.2, 0) is 9.59 Å². The van der Waals surface area contributed by atoms with Gasteiger partial charge < -0.3 is 10.6 Å². The molecule has 0 aromatic rings. The normalized spacial score (nSPS) is 20.0. The lowest BCUT2D eigenvalue weighted by molar-refractivity contribution is -0.119. The van der Waals surface area contributed by atoms with Crippen LogP contribution in [0.2, 0.25) is 0 Å². The Bertz CT molecular complexity index is 513. The van der Waals surface area contributed by atoms with Crippen LogP contribution in [0.15, 0.2) is 23.8 Å². The molecule has 0 saturated heterocycles. The number of allylic oxidation sites excluding steroid dienone is 2. The maximum atomic E-state index is 13.9. The van der Waals surface area contributed by atoms with Gasteiger partial charge in [0.2, 0.25) is 0 Å². The van der Waals surface area contributed by atoms with E-state index in [1.807, 2.05) is 0 Å². The van der Waals surface area contributed by atoms with Crippen molar-refractivity contribution in [3.8, 4) is 0 Å². The summed E-state index contributed by atoms with van der Waals surface area (Å²) < 4.78 is 27.8. The Morgan fingerprint density at radius 2 is 1.17 bits per heavy atom. The predicted octanol–water partition coefficient (Wildman–Crippen LogP) is 5.79. The summed E-state index contributed by atoms with van der Waals surface area (Å²) in [5, 5.41) is 5.35. The molecule has 2 atom stereocenters. The van der Waals surface area contributed by atoms with Crippen molar-refractivity contribution in [2.24, 2.45) is 0 Å². The van der Waals surface area contributed by atoms with Gasteiger partial charge in [0.05, 0.1) is 0 Å². The van der Waals surface area contributed by atoms with Crippen LogP contribution in [0.3, 0.4) is 0 Å². The first-order valence-electron chi connectivity index (χ1n) is 11.3. The molecule has 0 unspecified atom stereocenters. The molecule has 2 amide bonds. The standard InChI is InChI=1S/C23H38F2N2O2/c1-3-5-7-9-11-13-20(24)22(28)26-18-15-16-19(17-18)27-23(29)21(25)14-12-10-8-6-4-2/h13-14,18-19H,3-12,15-17H2,1-2H3,(H,26,28)(H,27,29)/b20-13-,21-14+/t18-,19+/m0/s1. The Morgan fingerprint density at radius 1 is 0.759 bits per heavy atom. The van der Waals surface area contributed by atoms with Crippen molar-refractivity contribution in [2.45, 2.75) is 109 Å². The van der Waals surface area contributed by atoms with Crippen molar-refractivity contribution < 1.29 is 18.4 Å². The van der Waals surface area contributed by atoms with Gasteiger partial charge in [-0.3, -0.25) is 9.59 Å². The monoisotopic (exact) mass is 412 g/mol. The Labute approximate surface area is 174 Å². The van der Waals surface area contributed by atoms with Gasteiger partial charge in [-0.2, -0.15) is 0 Å². The molecule has 0 bridgehead atoms. The van der Waals surface area contributed by atoms with Gasteiger partial charge >= 0.3 is 0 Å². The number of hydrogen-bond acceptors (Lipinski definition) is 2. The largest absolute Gasteiger partial charge is 0.347 e. The molecule has 166 valence electrons. The molecule has 0 aromatic carbocycles. The fourth-order valence-corrected chi connectivity index (χ4v) is 3.54. The molecule has 1 aliphatic rings. The second-order valence-electron chi connectivity index (χ2n) is 7.96. The predicted molar refractivity (Wildman–Crippen MR) is 114 cm³/mol. The highest BCUT2D eigenvalue weighted by Crippen LogP contribution is 2.20. The number of hydrogen-bond donors (Lipinski definition) is 2. The van der Waals surface area contributed by atoms with E-state index in [0.717, 1.165) is 51.4 Å². The molecule has 0 aromatic heterocycles. The van der Waals surface area contributed by atoms with E-state index in [9.17, 15) is 18.4 Å². The topological polar surface area (TPSA) is 58.2 Å². The molecule has 6 heteroatoms. The lowest BCUT2D eigenvalue weighted by Crippen LogP contribution is -2.37. The van der Waals surface area contributed by atoms with Crippen LogP contribution in [0.25, 0.3) is 0 Å². The summed E-state index contributed by atoms with van der Waals surface area (Å²) in [6, 6.07) is -0.402. The molecule has 1 saturated carbocycles. The molecule has 4 nitrogen and oxygen atoms in total. The van der Waals surface area contributed by atoms with Crippen LogP contribution in [0.1, 0.15) is 97.3 Å². The van der Waals surface area contributed by atoms with Crippen LogP contribution in [0.4, 0.5) is 8.78 Å². The van der Waals surface area contributed by atoms with Gasteiger partial charge in [0, 0.05) is 12.1 Å². The smallest absolute Gasteiger partial charge is 0.279 e. The fourth-order valence-electron chi connectivity index (χ4n) is 3.54. The summed E-state index contributed by atoms with van der Waals surface area (Å²) in [6.07, 6.45) is 13.9. The number of unbranched alkanes of at least 4 members (excludes halogenated alkanes) is 8. The van der Waals surface area contributed by atoms with E-state index in [-0.39, 0.29) is 12.1 Å². The first kappa shape index (κ1) is 25.3. The third-order valence-electron chi connectivity index (χ3n) is 5.30. The number of carbonyl (C=O) groups is 2. The van der Waals surface area contributed by atoms with Crippen molar-refractivity contribution in [2.75, 3.05) is 0 Å². The number of carbonyl (C=O) groups excluding carboxylic acids is 2. The van der Waals surface area contributed by atoms with Crippen molar-refractivity contribution in [1.82, 2.24) is 10.6 Å². The van der Waals surface area contributed by atoms with E-state index in [2.05, 4.69) is 24.5 Å². The van der Waals surface area contributed by atoms with Crippen LogP contribution >= 0.6 is 0 Å². The first-order valence-corrected chi connectivity index (χ1v) is 11.3. The van der Waals surface area contributed by atoms with E-state index >= 15 is 0 Å². The highest BCUT2D eigenvalue weighted by molar-refractivity contribution is 5.92. The van der Waals surface area contributed by atoms with Gasteiger partial charge in [-0.1, -0.05) is 52.4 Å². The molecule has 0 heterocycles. The van der Waals surface area contributed by atoms with Gasteiger partial charge in [0.1, 0.15) is 0 Å². The van der Waals surface area contributed by atoms with E-state index in [1.54, 1.807) is 0 Å². The lowest BCUT2D eigenvalue weighted by atomic mass is 10.1. The summed E-state index contributed by atoms with van der Waals surface area (Å²) in [7, 11) is 0. The van der Waals surface area contributed by atoms with Gasteiger partial charge in [-0.15, -0.1) is 0 Å². The Hall–Kier alpha value is -1.72. The molecule has 1 fully saturated rings. The SMILES string of the molecule is CCCCCC/C=C(\F)C(=O)N[C@H]1CC[C@@H](NC(=O)/C(F)=C\CCCCCC)C1. The van der Waals surface area contributed by atoms with Crippen molar-refractivity contribution in [1.29, 1.82) is 0 Å². The minimum absolute atomic E-state index is 0.201. The molecule has 0 radical (unpaired) electrons. The summed E-state index contributed by atoms with van der Waals surface area (Å²) in [6.45, 7) is 4.22. The van der Waals surface area contributed by atoms with Crippen molar-refractivity contribution in [3.05, 3.63) is 23.8 Å². The Morgan fingerprint density at radius 3 is 1.55 bits per heavy atom. The number of amides is 2. The molecule has 29 heavy (non-hydrogen) atoms. The first-order chi connectivity index (χ1) is 14.0. The van der Waals surface area contributed by atoms with Crippen LogP contribution in [-0.4, -0.2) is 23.9 Å². The fraction of sp³-hybridized carbons (Fsp3) is 0.739. The third-order valence-corrected chi connectivity index (χ3v) is 5.30. The van der Waals surface area contributed by atoms with Gasteiger partial charge in [0.15, 0.2) is 11.7 Å². The summed E-state index contributed by atoms with van der Waals surface area (Å²) in [5.74, 6) is -2.89. The number of rotatable bonds is 14. The summed E-state index contributed by atoms with van der Waals surface area (Å²) >= 11 is 0. The number of halogens is 2. The van der Waals surface area contributed by atoms with E-state index in [4.69, 9.17) is 0 Å². The van der Waals surface area contributed by atoms with E-state index in [0.29, 0.717) is 32.1 Å². The zero-order valence-electron chi connectivity index (χ0n) is 18.1. The molecule has 2 N–H and O–H groups in total. The van der Waals surface area contributed by atoms with E-state index in [1.165, 1.54) is 12.2 Å². The van der Waals surface area contributed by atoms with Crippen LogP contribution < -0.4 is 10.6 Å². The van der Waals surface area contributed by atoms with Crippen LogP contribution in [0, 0.1) is 0 Å². The molecule has 1 rings (SSSR count). The van der Waals surface area contributed by atoms with Crippen LogP contribution in [0.5, 0.6) is 0 Å². The average molecular weight is 413 g/mol. The minimum atomic E-state index is -0.744. The van der Waals surface area contributed by atoms with E-state index < -0.39 is 23.5 Å². The van der Waals surface area contributed by atoms with Crippen molar-refractivity contribution >= 4 is 11.8 Å². The lowest BCUT2D eigenvalue weighted by Gasteiger charge is -2.14. The second kappa shape index (κ2) is 15.2. The number of nitrogens with one attached hydrogen (secondary N) is 2. The molecular weight excluding hydrogens is 374 g/mol. The zero-order chi connectivity index (χ0) is 21.5. The summed E-state index contributed by atoms with van der Waals surface area (Å²) in [4.78, 5) is 23.9. The summed E-state index contributed by atoms with van der Waals surface area (Å²) in [5.41, 5.74) is 0. The second-order valence-corrected chi connectivity index (χ2v) is 7.96. The highest BCUT2D eigenvalue weighted by atomic mass is 19.1. The average Bonchev–Trinajstić information content (AvgIpc) is 3.13. The highest BCUT2D eigenvalue weighted by Gasteiger charge is 2.28. The van der Waals surface area contributed by atoms with Gasteiger partial charge in [0.25, 0.3) is 11.8 Å². The third kappa shape index (κ3) is 11.1. The Balaban J connectivity index is 2.30. The Kier molecular flexibility index (Phi) is 13.2. The molecule has 1 aliphatic carbocycles. The van der Waals surface area contributed by atoms with Crippen molar-refractivity contribution in [3.63, 3.8) is 0 Å². The van der Waals surface area contributed by atoms with Gasteiger partial charge in [-0.25, -0.2) is 8.78 Å². The molecule has 0 aliphatic heterocycles. The van der Waals surface area contributed by atoms with Gasteiger partial charge in [-0.05, 0) is 57.1 Å². The molecular formula is C23H38F2N2O2.